The Balaban J connectivity index is 2.84. The van der Waals surface area contributed by atoms with Crippen LogP contribution in [0.3, 0.4) is 0 Å². The molecule has 3 heteroatoms. The van der Waals surface area contributed by atoms with Gasteiger partial charge in [0, 0.05) is 0 Å². The van der Waals surface area contributed by atoms with E-state index < -0.39 is 0 Å². The molecule has 0 spiro atoms. The van der Waals surface area contributed by atoms with Crippen LogP contribution in [-0.4, -0.2) is 10.6 Å². The number of aryl methyl sites for hydroxylation is 1. The third-order valence-corrected chi connectivity index (χ3v) is 2.73. The van der Waals surface area contributed by atoms with Crippen LogP contribution in [0.2, 0.25) is 0 Å². The van der Waals surface area contributed by atoms with Gasteiger partial charge in [0.05, 0.1) is 9.90 Å². The normalized spacial score (nSPS) is 9.75. The first-order valence-electron chi connectivity index (χ1n) is 2.30. The summed E-state index contributed by atoms with van der Waals surface area (Å²) in [6.07, 6.45) is 2.06. The second kappa shape index (κ2) is 2.51. The zero-order valence-corrected chi connectivity index (χ0v) is 6.47. The Morgan fingerprint density at radius 2 is 2.50 bits per heavy atom. The molecule has 0 aliphatic rings. The number of hydrogen-bond acceptors (Lipinski definition) is 3. The molecule has 44 valence electrons. The van der Waals surface area contributed by atoms with E-state index >= 15 is 0 Å². The van der Waals surface area contributed by atoms with Crippen LogP contribution >= 0.6 is 23.3 Å². The van der Waals surface area contributed by atoms with Crippen LogP contribution in [-0.2, 0) is 0 Å². The van der Waals surface area contributed by atoms with Crippen molar-refractivity contribution in [2.45, 2.75) is 11.1 Å². The van der Waals surface area contributed by atoms with Gasteiger partial charge in [-0.3, -0.25) is 0 Å². The fraction of sp³-hybridized carbons (Fsp3) is 0.400. The Kier molecular flexibility index (Phi) is 1.91. The molecule has 0 N–H and O–H groups in total. The van der Waals surface area contributed by atoms with Crippen LogP contribution in [0.15, 0.2) is 10.3 Å². The van der Waals surface area contributed by atoms with Crippen LogP contribution < -0.4 is 0 Å². The zero-order valence-electron chi connectivity index (χ0n) is 4.84. The Morgan fingerprint density at radius 1 is 1.75 bits per heavy atom. The molecule has 1 aromatic rings. The summed E-state index contributed by atoms with van der Waals surface area (Å²) in [4.78, 5) is 0. The summed E-state index contributed by atoms with van der Waals surface area (Å²) in [7, 11) is 0. The Bertz CT molecular complexity index is 171. The molecule has 0 radical (unpaired) electrons. The second-order valence-electron chi connectivity index (χ2n) is 1.49. The van der Waals surface area contributed by atoms with Crippen molar-refractivity contribution < 1.29 is 0 Å². The largest absolute Gasteiger partial charge is 0.197 e. The lowest BCUT2D eigenvalue weighted by Crippen LogP contribution is -1.59. The summed E-state index contributed by atoms with van der Waals surface area (Å²) in [5, 5.41) is 0. The van der Waals surface area contributed by atoms with Gasteiger partial charge in [0.15, 0.2) is 0 Å². The highest BCUT2D eigenvalue weighted by Crippen LogP contribution is 2.19. The molecule has 0 saturated carbocycles. The van der Waals surface area contributed by atoms with Crippen molar-refractivity contribution in [3.63, 3.8) is 0 Å². The maximum atomic E-state index is 4.11. The van der Waals surface area contributed by atoms with Crippen molar-refractivity contribution >= 4 is 23.3 Å². The van der Waals surface area contributed by atoms with Crippen molar-refractivity contribution in [2.75, 3.05) is 6.26 Å². The van der Waals surface area contributed by atoms with Crippen LogP contribution in [0.1, 0.15) is 5.69 Å². The molecule has 0 fully saturated rings. The molecule has 0 aliphatic carbocycles. The van der Waals surface area contributed by atoms with E-state index in [4.69, 9.17) is 0 Å². The molecular formula is C5H7NS2. The van der Waals surface area contributed by atoms with E-state index in [1.165, 1.54) is 4.21 Å². The average Bonchev–Trinajstić information content (AvgIpc) is 2.14. The lowest BCUT2D eigenvalue weighted by molar-refractivity contribution is 1.34. The van der Waals surface area contributed by atoms with Gasteiger partial charge in [0.2, 0.25) is 0 Å². The molecule has 0 amide bonds. The fourth-order valence-corrected chi connectivity index (χ4v) is 1.64. The van der Waals surface area contributed by atoms with Gasteiger partial charge in [0.1, 0.15) is 0 Å². The lowest BCUT2D eigenvalue weighted by Gasteiger charge is -1.77. The summed E-state index contributed by atoms with van der Waals surface area (Å²) < 4.78 is 5.40. The van der Waals surface area contributed by atoms with Gasteiger partial charge >= 0.3 is 0 Å². The number of hydrogen-bond donors (Lipinski definition) is 0. The molecule has 1 heterocycles. The first kappa shape index (κ1) is 6.11. The van der Waals surface area contributed by atoms with Gasteiger partial charge < -0.3 is 0 Å². The molecule has 0 unspecified atom stereocenters. The van der Waals surface area contributed by atoms with Crippen molar-refractivity contribution in [1.29, 1.82) is 0 Å². The Labute approximate surface area is 57.3 Å². The van der Waals surface area contributed by atoms with E-state index in [0.717, 1.165) is 5.69 Å². The summed E-state index contributed by atoms with van der Waals surface area (Å²) in [5.41, 5.74) is 1.12. The standard InChI is InChI=1S/C5H7NS2/c1-4-3-5(7-2)8-6-4/h3H,1-2H3. The summed E-state index contributed by atoms with van der Waals surface area (Å²) in [6.45, 7) is 2.01. The molecule has 1 nitrogen and oxygen atoms in total. The van der Waals surface area contributed by atoms with Crippen molar-refractivity contribution in [1.82, 2.24) is 4.37 Å². The lowest BCUT2D eigenvalue weighted by atomic mass is 10.5. The predicted molar refractivity (Wildman–Crippen MR) is 38.6 cm³/mol. The van der Waals surface area contributed by atoms with Gasteiger partial charge in [-0.25, -0.2) is 0 Å². The van der Waals surface area contributed by atoms with Gasteiger partial charge in [-0.15, -0.1) is 11.8 Å². The minimum Gasteiger partial charge on any atom is -0.197 e. The van der Waals surface area contributed by atoms with Crippen LogP contribution in [0, 0.1) is 6.92 Å². The van der Waals surface area contributed by atoms with Crippen LogP contribution in [0.25, 0.3) is 0 Å². The molecule has 0 aromatic carbocycles. The van der Waals surface area contributed by atoms with E-state index in [-0.39, 0.29) is 0 Å². The molecular weight excluding hydrogens is 138 g/mol. The molecule has 0 saturated heterocycles. The highest BCUT2D eigenvalue weighted by molar-refractivity contribution is 8.00. The average molecular weight is 145 g/mol. The monoisotopic (exact) mass is 145 g/mol. The molecule has 0 aliphatic heterocycles. The highest BCUT2D eigenvalue weighted by atomic mass is 32.2. The summed E-state index contributed by atoms with van der Waals surface area (Å²) >= 11 is 3.31. The Morgan fingerprint density at radius 3 is 2.75 bits per heavy atom. The zero-order chi connectivity index (χ0) is 5.98. The van der Waals surface area contributed by atoms with Gasteiger partial charge in [0.25, 0.3) is 0 Å². The van der Waals surface area contributed by atoms with E-state index in [1.807, 2.05) is 6.92 Å². The maximum absolute atomic E-state index is 4.11. The van der Waals surface area contributed by atoms with Gasteiger partial charge in [-0.05, 0) is 30.8 Å². The molecule has 1 rings (SSSR count). The van der Waals surface area contributed by atoms with Gasteiger partial charge in [-0.2, -0.15) is 4.37 Å². The SMILES string of the molecule is CSc1cc(C)ns1. The topological polar surface area (TPSA) is 12.9 Å². The summed E-state index contributed by atoms with van der Waals surface area (Å²) in [6, 6.07) is 2.09. The number of rotatable bonds is 1. The molecule has 0 bridgehead atoms. The van der Waals surface area contributed by atoms with E-state index in [2.05, 4.69) is 16.7 Å². The van der Waals surface area contributed by atoms with Crippen LogP contribution in [0.4, 0.5) is 0 Å². The quantitative estimate of drug-likeness (QED) is 0.562. The molecule has 0 atom stereocenters. The minimum atomic E-state index is 1.12. The number of aromatic nitrogens is 1. The van der Waals surface area contributed by atoms with Crippen LogP contribution in [0.5, 0.6) is 0 Å². The van der Waals surface area contributed by atoms with E-state index in [0.29, 0.717) is 0 Å². The van der Waals surface area contributed by atoms with Crippen molar-refractivity contribution in [3.8, 4) is 0 Å². The van der Waals surface area contributed by atoms with Gasteiger partial charge in [-0.1, -0.05) is 0 Å². The van der Waals surface area contributed by atoms with Crippen molar-refractivity contribution in [2.24, 2.45) is 0 Å². The molecule has 8 heavy (non-hydrogen) atoms. The first-order valence-corrected chi connectivity index (χ1v) is 4.30. The summed E-state index contributed by atoms with van der Waals surface area (Å²) in [5.74, 6) is 0. The minimum absolute atomic E-state index is 1.12. The molecule has 1 aromatic heterocycles. The van der Waals surface area contributed by atoms with Crippen molar-refractivity contribution in [3.05, 3.63) is 11.8 Å². The van der Waals surface area contributed by atoms with E-state index in [1.54, 1.807) is 23.3 Å². The number of nitrogens with zero attached hydrogens (tertiary/aromatic N) is 1. The first-order chi connectivity index (χ1) is 3.83. The third-order valence-electron chi connectivity index (χ3n) is 0.808. The fourth-order valence-electron chi connectivity index (χ4n) is 0.436. The van der Waals surface area contributed by atoms with E-state index in [9.17, 15) is 0 Å². The number of thioether (sulfide) groups is 1. The smallest absolute Gasteiger partial charge is 0.0806 e. The maximum Gasteiger partial charge on any atom is 0.0806 e. The Hall–Kier alpha value is -0.0200. The highest BCUT2D eigenvalue weighted by Gasteiger charge is 1.92. The predicted octanol–water partition coefficient (Wildman–Crippen LogP) is 2.17. The second-order valence-corrected chi connectivity index (χ2v) is 3.40. The third kappa shape index (κ3) is 1.23.